The number of hydrogen-bond donors (Lipinski definition) is 0. The molecule has 0 radical (unpaired) electrons. The SMILES string of the molecule is Cn1c(-c2ccccc2)c(Cl)c(C(F)(F)F)c(C#N)c1=O. The van der Waals surface area contributed by atoms with Crippen molar-refractivity contribution < 1.29 is 13.2 Å². The zero-order chi connectivity index (χ0) is 15.8. The molecule has 0 atom stereocenters. The zero-order valence-electron chi connectivity index (χ0n) is 10.7. The van der Waals surface area contributed by atoms with Gasteiger partial charge in [-0.25, -0.2) is 0 Å². The Balaban J connectivity index is 2.97. The highest BCUT2D eigenvalue weighted by molar-refractivity contribution is 6.34. The van der Waals surface area contributed by atoms with Crippen molar-refractivity contribution in [3.63, 3.8) is 0 Å². The second-order valence-corrected chi connectivity index (χ2v) is 4.63. The minimum absolute atomic E-state index is 0.0754. The first-order valence-corrected chi connectivity index (χ1v) is 6.12. The third kappa shape index (κ3) is 2.52. The number of hydrogen-bond acceptors (Lipinski definition) is 2. The van der Waals surface area contributed by atoms with E-state index in [0.717, 1.165) is 4.57 Å². The van der Waals surface area contributed by atoms with Crippen LogP contribution in [0.4, 0.5) is 13.2 Å². The van der Waals surface area contributed by atoms with Crippen molar-refractivity contribution in [3.8, 4) is 17.3 Å². The predicted molar refractivity (Wildman–Crippen MR) is 71.8 cm³/mol. The Morgan fingerprint density at radius 2 is 1.81 bits per heavy atom. The lowest BCUT2D eigenvalue weighted by Crippen LogP contribution is -2.27. The summed E-state index contributed by atoms with van der Waals surface area (Å²) in [6.45, 7) is 0. The van der Waals surface area contributed by atoms with E-state index in [2.05, 4.69) is 0 Å². The molecule has 1 heterocycles. The molecule has 0 amide bonds. The number of nitrogens with zero attached hydrogens (tertiary/aromatic N) is 2. The average molecular weight is 313 g/mol. The van der Waals surface area contributed by atoms with Crippen molar-refractivity contribution in [1.29, 1.82) is 5.26 Å². The lowest BCUT2D eigenvalue weighted by Gasteiger charge is -2.17. The first kappa shape index (κ1) is 15.1. The van der Waals surface area contributed by atoms with Gasteiger partial charge >= 0.3 is 6.18 Å². The Bertz CT molecular complexity index is 789. The smallest absolute Gasteiger partial charge is 0.309 e. The topological polar surface area (TPSA) is 45.8 Å². The maximum absolute atomic E-state index is 13.1. The molecule has 0 N–H and O–H groups in total. The van der Waals surface area contributed by atoms with E-state index in [4.69, 9.17) is 16.9 Å². The lowest BCUT2D eigenvalue weighted by molar-refractivity contribution is -0.137. The largest absolute Gasteiger partial charge is 0.419 e. The van der Waals surface area contributed by atoms with E-state index < -0.39 is 27.9 Å². The third-order valence-electron chi connectivity index (χ3n) is 2.97. The van der Waals surface area contributed by atoms with Gasteiger partial charge in [0.1, 0.15) is 11.6 Å². The fourth-order valence-corrected chi connectivity index (χ4v) is 2.48. The molecule has 1 aromatic heterocycles. The Morgan fingerprint density at radius 3 is 2.29 bits per heavy atom. The highest BCUT2D eigenvalue weighted by atomic mass is 35.5. The number of rotatable bonds is 1. The van der Waals surface area contributed by atoms with Crippen LogP contribution in [0, 0.1) is 11.3 Å². The number of halogens is 4. The summed E-state index contributed by atoms with van der Waals surface area (Å²) < 4.78 is 40.3. The molecule has 1 aromatic carbocycles. The minimum Gasteiger partial charge on any atom is -0.309 e. The molecule has 21 heavy (non-hydrogen) atoms. The van der Waals surface area contributed by atoms with Gasteiger partial charge in [0.25, 0.3) is 5.56 Å². The van der Waals surface area contributed by atoms with E-state index >= 15 is 0 Å². The summed E-state index contributed by atoms with van der Waals surface area (Å²) in [7, 11) is 1.28. The van der Waals surface area contributed by atoms with Crippen LogP contribution in [0.5, 0.6) is 0 Å². The molecule has 7 heteroatoms. The molecule has 108 valence electrons. The van der Waals surface area contributed by atoms with Crippen LogP contribution in [0.2, 0.25) is 5.02 Å². The van der Waals surface area contributed by atoms with Crippen molar-refractivity contribution >= 4 is 11.6 Å². The number of alkyl halides is 3. The van der Waals surface area contributed by atoms with Gasteiger partial charge in [0.2, 0.25) is 0 Å². The van der Waals surface area contributed by atoms with Gasteiger partial charge in [0, 0.05) is 7.05 Å². The van der Waals surface area contributed by atoms with E-state index in [9.17, 15) is 18.0 Å². The molecule has 0 saturated heterocycles. The summed E-state index contributed by atoms with van der Waals surface area (Å²) >= 11 is 5.86. The lowest BCUT2D eigenvalue weighted by atomic mass is 10.0. The molecule has 3 nitrogen and oxygen atoms in total. The molecule has 0 bridgehead atoms. The molecule has 0 aliphatic carbocycles. The van der Waals surface area contributed by atoms with Gasteiger partial charge in [-0.3, -0.25) is 4.79 Å². The van der Waals surface area contributed by atoms with Crippen LogP contribution in [0.25, 0.3) is 11.3 Å². The monoisotopic (exact) mass is 312 g/mol. The Labute approximate surface area is 122 Å². The molecule has 0 aliphatic rings. The van der Waals surface area contributed by atoms with Crippen LogP contribution in [-0.4, -0.2) is 4.57 Å². The quantitative estimate of drug-likeness (QED) is 0.807. The summed E-state index contributed by atoms with van der Waals surface area (Å²) in [4.78, 5) is 12.0. The predicted octanol–water partition coefficient (Wildman–Crippen LogP) is 3.60. The molecule has 0 aliphatic heterocycles. The van der Waals surface area contributed by atoms with Crippen molar-refractivity contribution in [3.05, 3.63) is 56.8 Å². The molecule has 2 aromatic rings. The summed E-state index contributed by atoms with van der Waals surface area (Å²) in [6, 6.07) is 9.27. The van der Waals surface area contributed by atoms with Crippen molar-refractivity contribution in [2.24, 2.45) is 7.05 Å². The summed E-state index contributed by atoms with van der Waals surface area (Å²) in [5.41, 5.74) is -3.15. The molecule has 0 saturated carbocycles. The van der Waals surface area contributed by atoms with Crippen LogP contribution in [0.15, 0.2) is 35.1 Å². The van der Waals surface area contributed by atoms with E-state index in [1.807, 2.05) is 0 Å². The van der Waals surface area contributed by atoms with Crippen LogP contribution in [-0.2, 0) is 13.2 Å². The summed E-state index contributed by atoms with van der Waals surface area (Å²) in [5.74, 6) is 0. The van der Waals surface area contributed by atoms with Crippen molar-refractivity contribution in [1.82, 2.24) is 4.57 Å². The highest BCUT2D eigenvalue weighted by Gasteiger charge is 2.39. The Kier molecular flexibility index (Phi) is 3.79. The van der Waals surface area contributed by atoms with E-state index in [1.165, 1.54) is 25.2 Å². The summed E-state index contributed by atoms with van der Waals surface area (Å²) in [6.07, 6.45) is -4.89. The van der Waals surface area contributed by atoms with Crippen LogP contribution in [0.3, 0.4) is 0 Å². The first-order valence-electron chi connectivity index (χ1n) is 5.74. The Morgan fingerprint density at radius 1 is 1.24 bits per heavy atom. The van der Waals surface area contributed by atoms with Crippen LogP contribution in [0.1, 0.15) is 11.1 Å². The maximum atomic E-state index is 13.1. The zero-order valence-corrected chi connectivity index (χ0v) is 11.5. The number of benzene rings is 1. The van der Waals surface area contributed by atoms with Gasteiger partial charge in [-0.05, 0) is 5.56 Å². The van der Waals surface area contributed by atoms with E-state index in [-0.39, 0.29) is 5.69 Å². The van der Waals surface area contributed by atoms with E-state index in [0.29, 0.717) is 5.56 Å². The highest BCUT2D eigenvalue weighted by Crippen LogP contribution is 2.40. The summed E-state index contributed by atoms with van der Waals surface area (Å²) in [5, 5.41) is 8.19. The van der Waals surface area contributed by atoms with Gasteiger partial charge in [-0.1, -0.05) is 41.9 Å². The van der Waals surface area contributed by atoms with Crippen LogP contribution < -0.4 is 5.56 Å². The molecular weight excluding hydrogens is 305 g/mol. The first-order chi connectivity index (χ1) is 9.79. The van der Waals surface area contributed by atoms with Gasteiger partial charge < -0.3 is 4.57 Å². The fraction of sp³-hybridized carbons (Fsp3) is 0.143. The fourth-order valence-electron chi connectivity index (χ4n) is 2.04. The second-order valence-electron chi connectivity index (χ2n) is 4.25. The average Bonchev–Trinajstić information content (AvgIpc) is 2.42. The van der Waals surface area contributed by atoms with Gasteiger partial charge in [-0.2, -0.15) is 18.4 Å². The minimum atomic E-state index is -4.89. The second kappa shape index (κ2) is 5.26. The molecular formula is C14H8ClF3N2O. The van der Waals surface area contributed by atoms with E-state index in [1.54, 1.807) is 18.2 Å². The maximum Gasteiger partial charge on any atom is 0.419 e. The molecule has 0 fully saturated rings. The number of pyridine rings is 1. The molecule has 0 spiro atoms. The Hall–Kier alpha value is -2.26. The van der Waals surface area contributed by atoms with Crippen LogP contribution >= 0.6 is 11.6 Å². The van der Waals surface area contributed by atoms with Gasteiger partial charge in [0.05, 0.1) is 16.3 Å². The standard InChI is InChI=1S/C14H8ClF3N2O/c1-20-12(8-5-3-2-4-6-8)11(15)10(14(16,17)18)9(7-19)13(20)21/h2-6H,1H3. The molecule has 0 unspecified atom stereocenters. The third-order valence-corrected chi connectivity index (χ3v) is 3.34. The normalized spacial score (nSPS) is 11.2. The van der Waals surface area contributed by atoms with Crippen molar-refractivity contribution in [2.45, 2.75) is 6.18 Å². The molecule has 2 rings (SSSR count). The number of aromatic nitrogens is 1. The van der Waals surface area contributed by atoms with Crippen molar-refractivity contribution in [2.75, 3.05) is 0 Å². The van der Waals surface area contributed by atoms with Gasteiger partial charge in [0.15, 0.2) is 0 Å². The van der Waals surface area contributed by atoms with Gasteiger partial charge in [-0.15, -0.1) is 0 Å². The number of nitriles is 1.